The fourth-order valence-corrected chi connectivity index (χ4v) is 2.50. The van der Waals surface area contributed by atoms with Crippen LogP contribution < -0.4 is 5.32 Å². The Kier molecular flexibility index (Phi) is 4.16. The maximum Gasteiger partial charge on any atom is 0.253 e. The van der Waals surface area contributed by atoms with E-state index in [1.54, 1.807) is 18.7 Å². The fraction of sp³-hybridized carbons (Fsp3) is 0.412. The molecule has 1 heterocycles. The van der Waals surface area contributed by atoms with Crippen LogP contribution in [0.3, 0.4) is 0 Å². The number of piperazine rings is 1. The van der Waals surface area contributed by atoms with Crippen molar-refractivity contribution in [2.24, 2.45) is 0 Å². The summed E-state index contributed by atoms with van der Waals surface area (Å²) in [6.45, 7) is 7.95. The van der Waals surface area contributed by atoms with Gasteiger partial charge in [0.05, 0.1) is 0 Å². The first-order valence-electron chi connectivity index (χ1n) is 7.18. The number of rotatable bonds is 3. The SMILES string of the molecule is CC(C)=CCN1C(=O)C(C)(c2ccccc2)NC(=O)C1C. The van der Waals surface area contributed by atoms with E-state index in [4.69, 9.17) is 0 Å². The number of nitrogens with zero attached hydrogens (tertiary/aromatic N) is 1. The smallest absolute Gasteiger partial charge is 0.253 e. The fourth-order valence-electron chi connectivity index (χ4n) is 2.50. The molecule has 4 nitrogen and oxygen atoms in total. The van der Waals surface area contributed by atoms with E-state index >= 15 is 0 Å². The zero-order valence-corrected chi connectivity index (χ0v) is 13.0. The van der Waals surface area contributed by atoms with Crippen LogP contribution >= 0.6 is 0 Å². The quantitative estimate of drug-likeness (QED) is 0.866. The summed E-state index contributed by atoms with van der Waals surface area (Å²) < 4.78 is 0. The Bertz CT molecular complexity index is 576. The van der Waals surface area contributed by atoms with E-state index in [2.05, 4.69) is 5.32 Å². The zero-order valence-electron chi connectivity index (χ0n) is 13.0. The third kappa shape index (κ3) is 2.84. The lowest BCUT2D eigenvalue weighted by Gasteiger charge is -2.43. The molecule has 1 fully saturated rings. The van der Waals surface area contributed by atoms with Gasteiger partial charge in [0.15, 0.2) is 0 Å². The Hall–Kier alpha value is -2.10. The number of hydrogen-bond donors (Lipinski definition) is 1. The highest BCUT2D eigenvalue weighted by Gasteiger charge is 2.47. The molecule has 1 aromatic rings. The number of benzene rings is 1. The number of carbonyl (C=O) groups is 2. The second-order valence-electron chi connectivity index (χ2n) is 5.90. The molecule has 1 aliphatic heterocycles. The minimum Gasteiger partial charge on any atom is -0.336 e. The summed E-state index contributed by atoms with van der Waals surface area (Å²) in [6, 6.07) is 8.92. The van der Waals surface area contributed by atoms with Gasteiger partial charge < -0.3 is 10.2 Å². The molecule has 21 heavy (non-hydrogen) atoms. The largest absolute Gasteiger partial charge is 0.336 e. The van der Waals surface area contributed by atoms with Crippen LogP contribution in [0, 0.1) is 0 Å². The normalized spacial score (nSPS) is 25.5. The molecule has 2 atom stereocenters. The number of hydrogen-bond acceptors (Lipinski definition) is 2. The second-order valence-corrected chi connectivity index (χ2v) is 5.90. The molecule has 112 valence electrons. The predicted molar refractivity (Wildman–Crippen MR) is 82.5 cm³/mol. The maximum atomic E-state index is 12.9. The highest BCUT2D eigenvalue weighted by atomic mass is 16.2. The third-order valence-corrected chi connectivity index (χ3v) is 3.96. The molecule has 2 unspecified atom stereocenters. The molecular formula is C17H22N2O2. The molecule has 1 aromatic carbocycles. The molecule has 0 saturated carbocycles. The first-order chi connectivity index (χ1) is 9.86. The average molecular weight is 286 g/mol. The van der Waals surface area contributed by atoms with E-state index < -0.39 is 11.6 Å². The molecule has 0 aliphatic carbocycles. The van der Waals surface area contributed by atoms with Gasteiger partial charge in [0.25, 0.3) is 5.91 Å². The van der Waals surface area contributed by atoms with Crippen molar-refractivity contribution in [3.63, 3.8) is 0 Å². The summed E-state index contributed by atoms with van der Waals surface area (Å²) in [4.78, 5) is 26.8. The van der Waals surface area contributed by atoms with Crippen LogP contribution in [0.5, 0.6) is 0 Å². The summed E-state index contributed by atoms with van der Waals surface area (Å²) >= 11 is 0. The number of allylic oxidation sites excluding steroid dienone is 1. The molecule has 0 spiro atoms. The molecule has 0 bridgehead atoms. The van der Waals surface area contributed by atoms with Crippen LogP contribution in [0.25, 0.3) is 0 Å². The van der Waals surface area contributed by atoms with Gasteiger partial charge in [-0.15, -0.1) is 0 Å². The van der Waals surface area contributed by atoms with Crippen LogP contribution in [0.15, 0.2) is 42.0 Å². The van der Waals surface area contributed by atoms with Gasteiger partial charge >= 0.3 is 0 Å². The van der Waals surface area contributed by atoms with E-state index in [1.165, 1.54) is 0 Å². The van der Waals surface area contributed by atoms with Gasteiger partial charge in [0.2, 0.25) is 5.91 Å². The van der Waals surface area contributed by atoms with Crippen molar-refractivity contribution in [2.75, 3.05) is 6.54 Å². The van der Waals surface area contributed by atoms with Gasteiger partial charge in [0, 0.05) is 6.54 Å². The molecule has 1 aliphatic rings. The van der Waals surface area contributed by atoms with Crippen LogP contribution in [-0.2, 0) is 15.1 Å². The van der Waals surface area contributed by atoms with Crippen LogP contribution in [0.4, 0.5) is 0 Å². The van der Waals surface area contributed by atoms with Gasteiger partial charge in [-0.2, -0.15) is 0 Å². The summed E-state index contributed by atoms with van der Waals surface area (Å²) in [5, 5.41) is 2.88. The van der Waals surface area contributed by atoms with Crippen molar-refractivity contribution in [3.8, 4) is 0 Å². The highest BCUT2D eigenvalue weighted by molar-refractivity contribution is 6.00. The van der Waals surface area contributed by atoms with Crippen LogP contribution in [0.2, 0.25) is 0 Å². The molecular weight excluding hydrogens is 264 g/mol. The maximum absolute atomic E-state index is 12.9. The lowest BCUT2D eigenvalue weighted by molar-refractivity contribution is -0.153. The van der Waals surface area contributed by atoms with E-state index in [-0.39, 0.29) is 11.8 Å². The molecule has 4 heteroatoms. The lowest BCUT2D eigenvalue weighted by Crippen LogP contribution is -2.66. The first kappa shape index (κ1) is 15.3. The van der Waals surface area contributed by atoms with Crippen molar-refractivity contribution >= 4 is 11.8 Å². The molecule has 2 amide bonds. The number of nitrogens with one attached hydrogen (secondary N) is 1. The Morgan fingerprint density at radius 2 is 1.90 bits per heavy atom. The van der Waals surface area contributed by atoms with E-state index in [0.717, 1.165) is 11.1 Å². The van der Waals surface area contributed by atoms with Gasteiger partial charge in [0.1, 0.15) is 11.6 Å². The van der Waals surface area contributed by atoms with E-state index in [9.17, 15) is 9.59 Å². The zero-order chi connectivity index (χ0) is 15.6. The van der Waals surface area contributed by atoms with E-state index in [1.807, 2.05) is 50.3 Å². The van der Waals surface area contributed by atoms with Gasteiger partial charge in [-0.3, -0.25) is 9.59 Å². The van der Waals surface area contributed by atoms with Crippen LogP contribution in [-0.4, -0.2) is 29.3 Å². The minimum atomic E-state index is -1.000. The van der Waals surface area contributed by atoms with Gasteiger partial charge in [-0.05, 0) is 33.3 Å². The minimum absolute atomic E-state index is 0.0710. The molecule has 0 aromatic heterocycles. The molecule has 2 rings (SSSR count). The van der Waals surface area contributed by atoms with Crippen molar-refractivity contribution < 1.29 is 9.59 Å². The van der Waals surface area contributed by atoms with Crippen molar-refractivity contribution in [2.45, 2.75) is 39.3 Å². The summed E-state index contributed by atoms with van der Waals surface area (Å²) in [5.41, 5.74) is 0.931. The van der Waals surface area contributed by atoms with Gasteiger partial charge in [-0.1, -0.05) is 42.0 Å². The monoisotopic (exact) mass is 286 g/mol. The topological polar surface area (TPSA) is 49.4 Å². The van der Waals surface area contributed by atoms with Crippen molar-refractivity contribution in [1.82, 2.24) is 10.2 Å². The first-order valence-corrected chi connectivity index (χ1v) is 7.18. The average Bonchev–Trinajstić information content (AvgIpc) is 2.46. The molecule has 0 radical (unpaired) electrons. The summed E-state index contributed by atoms with van der Waals surface area (Å²) in [5.74, 6) is -0.193. The number of amides is 2. The molecule has 1 saturated heterocycles. The Labute approximate surface area is 125 Å². The van der Waals surface area contributed by atoms with Crippen LogP contribution in [0.1, 0.15) is 33.3 Å². The second kappa shape index (κ2) is 5.72. The predicted octanol–water partition coefficient (Wildman–Crippen LogP) is 2.21. The van der Waals surface area contributed by atoms with Crippen molar-refractivity contribution in [3.05, 3.63) is 47.5 Å². The summed E-state index contributed by atoms with van der Waals surface area (Å²) in [7, 11) is 0. The third-order valence-electron chi connectivity index (χ3n) is 3.96. The Morgan fingerprint density at radius 1 is 1.29 bits per heavy atom. The standard InChI is InChI=1S/C17H22N2O2/c1-12(2)10-11-19-13(3)15(20)18-17(4,16(19)21)14-8-6-5-7-9-14/h5-10,13H,11H2,1-4H3,(H,18,20). The van der Waals surface area contributed by atoms with Gasteiger partial charge in [-0.25, -0.2) is 0 Å². The Morgan fingerprint density at radius 3 is 2.48 bits per heavy atom. The number of carbonyl (C=O) groups excluding carboxylic acids is 2. The Balaban J connectivity index is 2.38. The van der Waals surface area contributed by atoms with Crippen molar-refractivity contribution in [1.29, 1.82) is 0 Å². The molecule has 1 N–H and O–H groups in total. The summed E-state index contributed by atoms with van der Waals surface area (Å²) in [6.07, 6.45) is 1.97. The lowest BCUT2D eigenvalue weighted by atomic mass is 9.87. The van der Waals surface area contributed by atoms with E-state index in [0.29, 0.717) is 6.54 Å². The highest BCUT2D eigenvalue weighted by Crippen LogP contribution is 2.28.